The molecule has 1 aliphatic rings. The molecule has 0 unspecified atom stereocenters. The average Bonchev–Trinajstić information content (AvgIpc) is 2.74. The highest BCUT2D eigenvalue weighted by Gasteiger charge is 2.15. The van der Waals surface area contributed by atoms with Crippen LogP contribution in [-0.4, -0.2) is 13.1 Å². The largest absolute Gasteiger partial charge is 0.462 e. The van der Waals surface area contributed by atoms with Gasteiger partial charge < -0.3 is 9.73 Å². The molecular formula is C13H11ClFNO. The molecule has 4 heteroatoms. The second-order valence-corrected chi connectivity index (χ2v) is 4.52. The summed E-state index contributed by atoms with van der Waals surface area (Å²) in [6, 6.07) is 2.74. The van der Waals surface area contributed by atoms with Crippen molar-refractivity contribution in [3.05, 3.63) is 40.9 Å². The zero-order valence-electron chi connectivity index (χ0n) is 9.09. The van der Waals surface area contributed by atoms with Gasteiger partial charge in [-0.1, -0.05) is 17.7 Å². The first-order valence-corrected chi connectivity index (χ1v) is 5.90. The highest BCUT2D eigenvalue weighted by atomic mass is 35.5. The highest BCUT2D eigenvalue weighted by Crippen LogP contribution is 2.33. The fourth-order valence-corrected chi connectivity index (χ4v) is 2.41. The van der Waals surface area contributed by atoms with Crippen molar-refractivity contribution >= 4 is 28.1 Å². The Labute approximate surface area is 103 Å². The second-order valence-electron chi connectivity index (χ2n) is 4.11. The van der Waals surface area contributed by atoms with Crippen molar-refractivity contribution < 1.29 is 8.81 Å². The molecule has 88 valence electrons. The number of nitrogens with one attached hydrogen (secondary N) is 1. The Hall–Kier alpha value is -1.32. The van der Waals surface area contributed by atoms with E-state index < -0.39 is 0 Å². The molecule has 0 amide bonds. The third-order valence-electron chi connectivity index (χ3n) is 2.97. The van der Waals surface area contributed by atoms with Gasteiger partial charge in [0.1, 0.15) is 5.82 Å². The van der Waals surface area contributed by atoms with Crippen LogP contribution in [0.5, 0.6) is 0 Å². The quantitative estimate of drug-likeness (QED) is 0.838. The molecule has 3 rings (SSSR count). The van der Waals surface area contributed by atoms with E-state index in [0.29, 0.717) is 10.6 Å². The van der Waals surface area contributed by atoms with Crippen molar-refractivity contribution in [2.45, 2.75) is 6.42 Å². The maximum Gasteiger partial charge on any atom is 0.153 e. The number of rotatable bonds is 1. The fraction of sp³-hybridized carbons (Fsp3) is 0.231. The normalized spacial score (nSPS) is 16.2. The van der Waals surface area contributed by atoms with Gasteiger partial charge in [-0.3, -0.25) is 0 Å². The van der Waals surface area contributed by atoms with E-state index in [0.717, 1.165) is 36.0 Å². The maximum absolute atomic E-state index is 13.4. The molecule has 2 nitrogen and oxygen atoms in total. The minimum atomic E-state index is -0.338. The van der Waals surface area contributed by atoms with Crippen LogP contribution in [0, 0.1) is 5.82 Å². The van der Waals surface area contributed by atoms with E-state index in [2.05, 4.69) is 11.4 Å². The minimum absolute atomic E-state index is 0.315. The lowest BCUT2D eigenvalue weighted by molar-refractivity contribution is 0.608. The lowest BCUT2D eigenvalue weighted by Gasteiger charge is -2.12. The molecule has 0 atom stereocenters. The summed E-state index contributed by atoms with van der Waals surface area (Å²) in [5.74, 6) is -0.338. The predicted molar refractivity (Wildman–Crippen MR) is 66.6 cm³/mol. The Kier molecular flexibility index (Phi) is 2.65. The molecule has 0 bridgehead atoms. The van der Waals surface area contributed by atoms with E-state index in [1.165, 1.54) is 12.1 Å². The van der Waals surface area contributed by atoms with E-state index in [-0.39, 0.29) is 5.82 Å². The minimum Gasteiger partial charge on any atom is -0.462 e. The highest BCUT2D eigenvalue weighted by molar-refractivity contribution is 6.35. The average molecular weight is 252 g/mol. The molecule has 1 aromatic carbocycles. The number of hydrogen-bond donors (Lipinski definition) is 1. The Morgan fingerprint density at radius 2 is 2.24 bits per heavy atom. The Morgan fingerprint density at radius 1 is 1.35 bits per heavy atom. The Balaban J connectivity index is 2.20. The molecule has 0 spiro atoms. The van der Waals surface area contributed by atoms with Crippen LogP contribution in [0.1, 0.15) is 12.0 Å². The molecule has 0 saturated carbocycles. The zero-order valence-corrected chi connectivity index (χ0v) is 9.85. The molecular weight excluding hydrogens is 241 g/mol. The van der Waals surface area contributed by atoms with Crippen LogP contribution in [0.15, 0.2) is 28.9 Å². The van der Waals surface area contributed by atoms with Crippen molar-refractivity contribution in [3.63, 3.8) is 0 Å². The second kappa shape index (κ2) is 4.17. The van der Waals surface area contributed by atoms with E-state index in [9.17, 15) is 4.39 Å². The third kappa shape index (κ3) is 1.85. The number of benzene rings is 1. The third-order valence-corrected chi connectivity index (χ3v) is 3.25. The number of hydrogen-bond acceptors (Lipinski definition) is 2. The van der Waals surface area contributed by atoms with Gasteiger partial charge in [0.05, 0.1) is 11.3 Å². The zero-order chi connectivity index (χ0) is 11.8. The van der Waals surface area contributed by atoms with Gasteiger partial charge in [0.2, 0.25) is 0 Å². The van der Waals surface area contributed by atoms with Crippen molar-refractivity contribution in [1.82, 2.24) is 5.32 Å². The SMILES string of the molecule is Fc1cc(Cl)c2occ(C3=CCCNC3)c2c1. The van der Waals surface area contributed by atoms with Crippen LogP contribution in [0.3, 0.4) is 0 Å². The van der Waals surface area contributed by atoms with Crippen LogP contribution < -0.4 is 5.32 Å². The van der Waals surface area contributed by atoms with Crippen molar-refractivity contribution in [3.8, 4) is 0 Å². The predicted octanol–water partition coefficient (Wildman–Crippen LogP) is 3.60. The molecule has 0 radical (unpaired) electrons. The van der Waals surface area contributed by atoms with E-state index in [4.69, 9.17) is 16.0 Å². The molecule has 1 aliphatic heterocycles. The monoisotopic (exact) mass is 251 g/mol. The first kappa shape index (κ1) is 10.8. The summed E-state index contributed by atoms with van der Waals surface area (Å²) in [4.78, 5) is 0. The lowest BCUT2D eigenvalue weighted by atomic mass is 10.0. The maximum atomic E-state index is 13.4. The molecule has 1 N–H and O–H groups in total. The topological polar surface area (TPSA) is 25.2 Å². The lowest BCUT2D eigenvalue weighted by Crippen LogP contribution is -2.21. The molecule has 17 heavy (non-hydrogen) atoms. The van der Waals surface area contributed by atoms with Gasteiger partial charge in [0, 0.05) is 17.5 Å². The van der Waals surface area contributed by atoms with Gasteiger partial charge in [-0.05, 0) is 30.7 Å². The van der Waals surface area contributed by atoms with Gasteiger partial charge in [-0.2, -0.15) is 0 Å². The smallest absolute Gasteiger partial charge is 0.153 e. The van der Waals surface area contributed by atoms with Gasteiger partial charge in [-0.25, -0.2) is 4.39 Å². The van der Waals surface area contributed by atoms with E-state index in [1.54, 1.807) is 6.26 Å². The summed E-state index contributed by atoms with van der Waals surface area (Å²) < 4.78 is 18.8. The Bertz CT molecular complexity index is 603. The van der Waals surface area contributed by atoms with Crippen LogP contribution in [0.4, 0.5) is 4.39 Å². The Morgan fingerprint density at radius 3 is 3.00 bits per heavy atom. The van der Waals surface area contributed by atoms with E-state index in [1.807, 2.05) is 0 Å². The summed E-state index contributed by atoms with van der Waals surface area (Å²) >= 11 is 5.95. The molecule has 0 fully saturated rings. The molecule has 1 aromatic heterocycles. The summed E-state index contributed by atoms with van der Waals surface area (Å²) in [5.41, 5.74) is 2.61. The molecule has 0 aliphatic carbocycles. The van der Waals surface area contributed by atoms with Crippen LogP contribution >= 0.6 is 11.6 Å². The summed E-state index contributed by atoms with van der Waals surface area (Å²) in [6.45, 7) is 1.76. The van der Waals surface area contributed by atoms with Crippen molar-refractivity contribution in [2.24, 2.45) is 0 Å². The van der Waals surface area contributed by atoms with Crippen LogP contribution in [-0.2, 0) is 0 Å². The molecule has 2 aromatic rings. The summed E-state index contributed by atoms with van der Waals surface area (Å²) in [6.07, 6.45) is 4.78. The van der Waals surface area contributed by atoms with Gasteiger partial charge >= 0.3 is 0 Å². The number of halogens is 2. The standard InChI is InChI=1S/C13H11ClFNO/c14-12-5-9(15)4-10-11(7-17-13(10)12)8-2-1-3-16-6-8/h2,4-5,7,16H,1,3,6H2. The summed E-state index contributed by atoms with van der Waals surface area (Å²) in [5, 5.41) is 4.34. The van der Waals surface area contributed by atoms with Crippen LogP contribution in [0.25, 0.3) is 16.5 Å². The van der Waals surface area contributed by atoms with Crippen LogP contribution in [0.2, 0.25) is 5.02 Å². The first-order valence-electron chi connectivity index (χ1n) is 5.52. The first-order chi connectivity index (χ1) is 8.25. The van der Waals surface area contributed by atoms with Crippen molar-refractivity contribution in [1.29, 1.82) is 0 Å². The number of fused-ring (bicyclic) bond motifs is 1. The van der Waals surface area contributed by atoms with Crippen molar-refractivity contribution in [2.75, 3.05) is 13.1 Å². The molecule has 2 heterocycles. The fourth-order valence-electron chi connectivity index (χ4n) is 2.16. The van der Waals surface area contributed by atoms with Gasteiger partial charge in [0.15, 0.2) is 5.58 Å². The van der Waals surface area contributed by atoms with Gasteiger partial charge in [-0.15, -0.1) is 0 Å². The van der Waals surface area contributed by atoms with Gasteiger partial charge in [0.25, 0.3) is 0 Å². The molecule has 0 saturated heterocycles. The summed E-state index contributed by atoms with van der Waals surface area (Å²) in [7, 11) is 0. The number of furan rings is 1. The van der Waals surface area contributed by atoms with E-state index >= 15 is 0 Å².